The molecule has 0 bridgehead atoms. The Kier molecular flexibility index (Phi) is 6.48. The Morgan fingerprint density at radius 2 is 1.61 bits per heavy atom. The molecule has 1 aliphatic heterocycles. The van der Waals surface area contributed by atoms with Gasteiger partial charge in [0.15, 0.2) is 17.3 Å². The monoisotopic (exact) mass is 426 g/mol. The van der Waals surface area contributed by atoms with Crippen LogP contribution < -0.4 is 23.7 Å². The van der Waals surface area contributed by atoms with Crippen molar-refractivity contribution in [2.24, 2.45) is 5.92 Å². The van der Waals surface area contributed by atoms with Crippen molar-refractivity contribution < 1.29 is 28.5 Å². The van der Waals surface area contributed by atoms with Gasteiger partial charge in [-0.05, 0) is 56.2 Å². The number of ketones is 1. The number of Topliss-reactive ketones (excluding diaryl/α,β-unsaturated/α-hetero) is 1. The van der Waals surface area contributed by atoms with Gasteiger partial charge in [-0.3, -0.25) is 4.79 Å². The summed E-state index contributed by atoms with van der Waals surface area (Å²) in [5.74, 6) is 2.71. The normalized spacial score (nSPS) is 14.8. The Hall–Kier alpha value is -3.15. The van der Waals surface area contributed by atoms with Crippen LogP contribution in [0.25, 0.3) is 6.08 Å². The first-order valence-electron chi connectivity index (χ1n) is 10.2. The Bertz CT molecular complexity index is 1010. The van der Waals surface area contributed by atoms with Crippen LogP contribution in [0.3, 0.4) is 0 Å². The summed E-state index contributed by atoms with van der Waals surface area (Å²) in [4.78, 5) is 13.4. The molecule has 0 saturated carbocycles. The van der Waals surface area contributed by atoms with Crippen LogP contribution in [0.5, 0.6) is 28.7 Å². The number of hydrogen-bond donors (Lipinski definition) is 0. The first-order chi connectivity index (χ1) is 14.7. The van der Waals surface area contributed by atoms with Crippen LogP contribution in [0.1, 0.15) is 42.3 Å². The van der Waals surface area contributed by atoms with E-state index in [9.17, 15) is 4.79 Å². The molecule has 1 atom stereocenters. The number of carbonyl (C=O) groups excluding carboxylic acids is 1. The summed E-state index contributed by atoms with van der Waals surface area (Å²) in [6.07, 6.45) is 4.39. The quantitative estimate of drug-likeness (QED) is 0.556. The highest BCUT2D eigenvalue weighted by Crippen LogP contribution is 2.40. The van der Waals surface area contributed by atoms with Crippen LogP contribution in [0.2, 0.25) is 0 Å². The van der Waals surface area contributed by atoms with Crippen LogP contribution in [0.15, 0.2) is 30.3 Å². The van der Waals surface area contributed by atoms with Gasteiger partial charge in [0.25, 0.3) is 0 Å². The van der Waals surface area contributed by atoms with Crippen molar-refractivity contribution >= 4 is 11.9 Å². The highest BCUT2D eigenvalue weighted by molar-refractivity contribution is 6.02. The van der Waals surface area contributed by atoms with Gasteiger partial charge in [0.05, 0.1) is 39.6 Å². The summed E-state index contributed by atoms with van der Waals surface area (Å²) in [7, 11) is 6.32. The molecule has 0 aromatic heterocycles. The van der Waals surface area contributed by atoms with Crippen molar-refractivity contribution in [2.45, 2.75) is 32.8 Å². The molecule has 0 unspecified atom stereocenters. The molecular weight excluding hydrogens is 396 g/mol. The van der Waals surface area contributed by atoms with Gasteiger partial charge in [0, 0.05) is 12.0 Å². The van der Waals surface area contributed by atoms with Gasteiger partial charge < -0.3 is 23.7 Å². The number of ether oxygens (including phenoxy) is 5. The molecule has 2 aromatic carbocycles. The number of hydrogen-bond acceptors (Lipinski definition) is 6. The maximum Gasteiger partial charge on any atom is 0.169 e. The van der Waals surface area contributed by atoms with E-state index in [0.29, 0.717) is 40.7 Å². The van der Waals surface area contributed by atoms with Gasteiger partial charge in [-0.1, -0.05) is 6.92 Å². The zero-order chi connectivity index (χ0) is 22.8. The van der Waals surface area contributed by atoms with Gasteiger partial charge in [0.1, 0.15) is 22.8 Å². The molecule has 0 saturated heterocycles. The van der Waals surface area contributed by atoms with Crippen molar-refractivity contribution in [3.8, 4) is 28.7 Å². The van der Waals surface area contributed by atoms with E-state index in [1.807, 2.05) is 45.1 Å². The van der Waals surface area contributed by atoms with Gasteiger partial charge in [-0.2, -0.15) is 0 Å². The zero-order valence-electron chi connectivity index (χ0n) is 19.2. The van der Waals surface area contributed by atoms with Crippen LogP contribution in [0.4, 0.5) is 0 Å². The Balaban J connectivity index is 1.92. The summed E-state index contributed by atoms with van der Waals surface area (Å²) in [5.41, 5.74) is 1.77. The van der Waals surface area contributed by atoms with Crippen LogP contribution >= 0.6 is 0 Å². The number of benzene rings is 2. The van der Waals surface area contributed by atoms with Crippen LogP contribution in [-0.2, 0) is 6.42 Å². The molecule has 0 fully saturated rings. The number of methoxy groups -OCH3 is 4. The van der Waals surface area contributed by atoms with Crippen molar-refractivity contribution in [1.82, 2.24) is 0 Å². The summed E-state index contributed by atoms with van der Waals surface area (Å²) < 4.78 is 27.9. The Morgan fingerprint density at radius 1 is 0.968 bits per heavy atom. The topological polar surface area (TPSA) is 63.2 Å². The number of carbonyl (C=O) groups is 1. The van der Waals surface area contributed by atoms with Crippen LogP contribution in [0, 0.1) is 5.92 Å². The molecule has 31 heavy (non-hydrogen) atoms. The fraction of sp³-hybridized carbons (Fsp3) is 0.400. The van der Waals surface area contributed by atoms with E-state index in [-0.39, 0.29) is 11.7 Å². The molecule has 0 radical (unpaired) electrons. The lowest BCUT2D eigenvalue weighted by atomic mass is 9.90. The minimum atomic E-state index is -0.402. The van der Waals surface area contributed by atoms with Gasteiger partial charge in [-0.15, -0.1) is 0 Å². The fourth-order valence-electron chi connectivity index (χ4n) is 3.78. The smallest absolute Gasteiger partial charge is 0.169 e. The second kappa shape index (κ2) is 8.92. The van der Waals surface area contributed by atoms with Gasteiger partial charge >= 0.3 is 0 Å². The Labute approximate surface area is 183 Å². The maximum absolute atomic E-state index is 13.4. The van der Waals surface area contributed by atoms with E-state index in [4.69, 9.17) is 23.7 Å². The molecule has 6 heteroatoms. The average Bonchev–Trinajstić information content (AvgIpc) is 2.76. The predicted molar refractivity (Wildman–Crippen MR) is 120 cm³/mol. The summed E-state index contributed by atoms with van der Waals surface area (Å²) in [6.45, 7) is 5.86. The molecule has 2 aromatic rings. The molecule has 0 N–H and O–H groups in total. The third-order valence-corrected chi connectivity index (χ3v) is 5.41. The average molecular weight is 427 g/mol. The zero-order valence-corrected chi connectivity index (χ0v) is 19.2. The number of fused-ring (bicyclic) bond motifs is 1. The minimum Gasteiger partial charge on any atom is -0.496 e. The van der Waals surface area contributed by atoms with Crippen molar-refractivity contribution in [1.29, 1.82) is 0 Å². The third kappa shape index (κ3) is 4.48. The van der Waals surface area contributed by atoms with E-state index in [1.165, 1.54) is 0 Å². The third-order valence-electron chi connectivity index (χ3n) is 5.41. The largest absolute Gasteiger partial charge is 0.496 e. The molecular formula is C25H30O6. The molecule has 0 amide bonds. The highest BCUT2D eigenvalue weighted by Gasteiger charge is 2.28. The second-order valence-corrected chi connectivity index (χ2v) is 8.09. The van der Waals surface area contributed by atoms with Crippen LogP contribution in [-0.4, -0.2) is 39.8 Å². The molecule has 1 aliphatic rings. The highest BCUT2D eigenvalue weighted by atomic mass is 16.5. The lowest BCUT2D eigenvalue weighted by Gasteiger charge is -2.29. The SMILES string of the molecule is COc1cc(OC)c(OC)cc1C[C@H](C)C(=O)c1ccc2c(c1OC)C=CC(C)(C)O2. The maximum atomic E-state index is 13.4. The predicted octanol–water partition coefficient (Wildman–Crippen LogP) is 4.97. The van der Waals surface area contributed by atoms with Crippen molar-refractivity contribution in [3.63, 3.8) is 0 Å². The molecule has 166 valence electrons. The lowest BCUT2D eigenvalue weighted by molar-refractivity contribution is 0.0925. The van der Waals surface area contributed by atoms with E-state index in [2.05, 4.69) is 0 Å². The first kappa shape index (κ1) is 22.5. The van der Waals surface area contributed by atoms with E-state index in [1.54, 1.807) is 40.6 Å². The molecule has 0 spiro atoms. The summed E-state index contributed by atoms with van der Waals surface area (Å²) >= 11 is 0. The second-order valence-electron chi connectivity index (χ2n) is 8.09. The minimum absolute atomic E-state index is 0.0188. The fourth-order valence-corrected chi connectivity index (χ4v) is 3.78. The van der Waals surface area contributed by atoms with Gasteiger partial charge in [-0.25, -0.2) is 0 Å². The van der Waals surface area contributed by atoms with Crippen molar-refractivity contribution in [3.05, 3.63) is 47.0 Å². The standard InChI is InChI=1S/C25H30O6/c1-15(12-16-13-21(28-5)22(29-6)14-20(16)27-4)23(26)18-8-9-19-17(24(18)30-7)10-11-25(2,3)31-19/h8-11,13-15H,12H2,1-7H3/t15-/m0/s1. The van der Waals surface area contributed by atoms with E-state index < -0.39 is 5.60 Å². The van der Waals surface area contributed by atoms with Gasteiger partial charge in [0.2, 0.25) is 0 Å². The van der Waals surface area contributed by atoms with E-state index in [0.717, 1.165) is 11.1 Å². The number of rotatable bonds is 8. The van der Waals surface area contributed by atoms with E-state index >= 15 is 0 Å². The Morgan fingerprint density at radius 3 is 2.23 bits per heavy atom. The lowest BCUT2D eigenvalue weighted by Crippen LogP contribution is -2.28. The molecule has 1 heterocycles. The first-order valence-corrected chi connectivity index (χ1v) is 10.2. The summed E-state index contributed by atoms with van der Waals surface area (Å²) in [5, 5.41) is 0. The molecule has 0 aliphatic carbocycles. The summed E-state index contributed by atoms with van der Waals surface area (Å²) in [6, 6.07) is 7.23. The molecule has 6 nitrogen and oxygen atoms in total. The van der Waals surface area contributed by atoms with Crippen molar-refractivity contribution in [2.75, 3.05) is 28.4 Å². The molecule has 3 rings (SSSR count).